The van der Waals surface area contributed by atoms with E-state index in [4.69, 9.17) is 9.47 Å². The highest BCUT2D eigenvalue weighted by atomic mass is 16.6. The molecular formula is C18H23N3O4. The standard InChI is InChI=1S/C18H23N3O4/c22-17(20-18(23)19-13-4-5-13)11-21-7-1-2-14(21)12-3-6-15-16(10-12)25-9-8-24-15/h3,6,10,13-14H,1-2,4-5,7-9,11H2,(H2,19,20,22,23)/t14-/m0/s1. The molecule has 2 fully saturated rings. The SMILES string of the molecule is O=C(CN1CCC[C@H]1c1ccc2c(c1)OCCO2)NC(=O)NC1CC1. The Hall–Kier alpha value is -2.28. The van der Waals surface area contributed by atoms with E-state index in [0.29, 0.717) is 13.2 Å². The quantitative estimate of drug-likeness (QED) is 0.866. The number of carbonyl (C=O) groups excluding carboxylic acids is 2. The molecular weight excluding hydrogens is 322 g/mol. The number of fused-ring (bicyclic) bond motifs is 1. The molecule has 1 saturated heterocycles. The maximum absolute atomic E-state index is 12.2. The average Bonchev–Trinajstić information content (AvgIpc) is 3.29. The van der Waals surface area contributed by atoms with Crippen molar-refractivity contribution in [2.45, 2.75) is 37.8 Å². The number of ether oxygens (including phenoxy) is 2. The van der Waals surface area contributed by atoms with E-state index in [0.717, 1.165) is 49.3 Å². The minimum atomic E-state index is -0.387. The van der Waals surface area contributed by atoms with E-state index in [1.165, 1.54) is 0 Å². The van der Waals surface area contributed by atoms with Crippen molar-refractivity contribution >= 4 is 11.9 Å². The van der Waals surface area contributed by atoms with E-state index in [9.17, 15) is 9.59 Å². The summed E-state index contributed by atoms with van der Waals surface area (Å²) in [5, 5.41) is 5.19. The van der Waals surface area contributed by atoms with Gasteiger partial charge in [-0.25, -0.2) is 4.79 Å². The van der Waals surface area contributed by atoms with Crippen LogP contribution in [-0.2, 0) is 4.79 Å². The Morgan fingerprint density at radius 1 is 1.12 bits per heavy atom. The molecule has 25 heavy (non-hydrogen) atoms. The Balaban J connectivity index is 1.38. The summed E-state index contributed by atoms with van der Waals surface area (Å²) in [6, 6.07) is 5.99. The summed E-state index contributed by atoms with van der Waals surface area (Å²) in [4.78, 5) is 26.0. The summed E-state index contributed by atoms with van der Waals surface area (Å²) >= 11 is 0. The van der Waals surface area contributed by atoms with Gasteiger partial charge in [-0.1, -0.05) is 6.07 Å². The zero-order valence-electron chi connectivity index (χ0n) is 14.1. The molecule has 3 amide bonds. The third kappa shape index (κ3) is 3.87. The first-order valence-electron chi connectivity index (χ1n) is 8.93. The van der Waals surface area contributed by atoms with Crippen molar-refractivity contribution in [2.75, 3.05) is 26.3 Å². The van der Waals surface area contributed by atoms with Gasteiger partial charge in [0, 0.05) is 12.1 Å². The second kappa shape index (κ2) is 6.92. The lowest BCUT2D eigenvalue weighted by Gasteiger charge is -2.26. The van der Waals surface area contributed by atoms with Gasteiger partial charge in [-0.2, -0.15) is 0 Å². The van der Waals surface area contributed by atoms with Gasteiger partial charge >= 0.3 is 6.03 Å². The van der Waals surface area contributed by atoms with Gasteiger partial charge in [0.05, 0.1) is 6.54 Å². The van der Waals surface area contributed by atoms with Crippen LogP contribution < -0.4 is 20.1 Å². The van der Waals surface area contributed by atoms with E-state index in [-0.39, 0.29) is 30.6 Å². The largest absolute Gasteiger partial charge is 0.486 e. The number of hydrogen-bond acceptors (Lipinski definition) is 5. The number of amides is 3. The Kier molecular flexibility index (Phi) is 4.48. The van der Waals surface area contributed by atoms with Crippen LogP contribution in [0.25, 0.3) is 0 Å². The number of benzene rings is 1. The van der Waals surface area contributed by atoms with Crippen LogP contribution in [0.5, 0.6) is 11.5 Å². The van der Waals surface area contributed by atoms with Crippen LogP contribution >= 0.6 is 0 Å². The predicted molar refractivity (Wildman–Crippen MR) is 90.7 cm³/mol. The van der Waals surface area contributed by atoms with Crippen LogP contribution in [0.15, 0.2) is 18.2 Å². The van der Waals surface area contributed by atoms with Crippen molar-refractivity contribution in [3.63, 3.8) is 0 Å². The smallest absolute Gasteiger partial charge is 0.321 e. The molecule has 0 spiro atoms. The average molecular weight is 345 g/mol. The molecule has 134 valence electrons. The van der Waals surface area contributed by atoms with Gasteiger partial charge in [0.15, 0.2) is 11.5 Å². The summed E-state index contributed by atoms with van der Waals surface area (Å²) in [5.74, 6) is 1.28. The van der Waals surface area contributed by atoms with Crippen molar-refractivity contribution in [3.05, 3.63) is 23.8 Å². The summed E-state index contributed by atoms with van der Waals surface area (Å²) in [6.45, 7) is 2.20. The number of hydrogen-bond donors (Lipinski definition) is 2. The van der Waals surface area contributed by atoms with Crippen LogP contribution in [0.2, 0.25) is 0 Å². The van der Waals surface area contributed by atoms with Crippen LogP contribution in [0.3, 0.4) is 0 Å². The molecule has 4 rings (SSSR count). The molecule has 2 aliphatic heterocycles. The molecule has 1 saturated carbocycles. The van der Waals surface area contributed by atoms with Gasteiger partial charge in [-0.15, -0.1) is 0 Å². The molecule has 0 radical (unpaired) electrons. The molecule has 2 heterocycles. The summed E-state index contributed by atoms with van der Waals surface area (Å²) < 4.78 is 11.2. The lowest BCUT2D eigenvalue weighted by Crippen LogP contribution is -2.45. The number of carbonyl (C=O) groups is 2. The molecule has 7 nitrogen and oxygen atoms in total. The molecule has 0 aromatic heterocycles. The summed E-state index contributed by atoms with van der Waals surface area (Å²) in [5.41, 5.74) is 1.12. The highest BCUT2D eigenvalue weighted by molar-refractivity contribution is 5.95. The second-order valence-electron chi connectivity index (χ2n) is 6.83. The molecule has 1 atom stereocenters. The molecule has 1 aromatic carbocycles. The van der Waals surface area contributed by atoms with Gasteiger partial charge in [-0.05, 0) is 49.9 Å². The maximum Gasteiger partial charge on any atom is 0.321 e. The van der Waals surface area contributed by atoms with E-state index in [1.54, 1.807) is 0 Å². The fraction of sp³-hybridized carbons (Fsp3) is 0.556. The minimum Gasteiger partial charge on any atom is -0.486 e. The van der Waals surface area contributed by atoms with Gasteiger partial charge < -0.3 is 14.8 Å². The zero-order valence-corrected chi connectivity index (χ0v) is 14.1. The van der Waals surface area contributed by atoms with Crippen molar-refractivity contribution in [1.29, 1.82) is 0 Å². The lowest BCUT2D eigenvalue weighted by molar-refractivity contribution is -0.121. The lowest BCUT2D eigenvalue weighted by atomic mass is 10.0. The number of urea groups is 1. The van der Waals surface area contributed by atoms with Gasteiger partial charge in [0.1, 0.15) is 13.2 Å². The monoisotopic (exact) mass is 345 g/mol. The molecule has 1 aromatic rings. The predicted octanol–water partition coefficient (Wildman–Crippen LogP) is 1.58. The third-order valence-electron chi connectivity index (χ3n) is 4.83. The van der Waals surface area contributed by atoms with Crippen molar-refractivity contribution < 1.29 is 19.1 Å². The molecule has 2 N–H and O–H groups in total. The first kappa shape index (κ1) is 16.2. The van der Waals surface area contributed by atoms with E-state index in [1.807, 2.05) is 18.2 Å². The summed E-state index contributed by atoms with van der Waals surface area (Å²) in [7, 11) is 0. The zero-order chi connectivity index (χ0) is 17.2. The molecule has 1 aliphatic carbocycles. The highest BCUT2D eigenvalue weighted by Crippen LogP contribution is 2.37. The fourth-order valence-electron chi connectivity index (χ4n) is 3.46. The molecule has 7 heteroatoms. The number of rotatable bonds is 4. The maximum atomic E-state index is 12.2. The Labute approximate surface area is 146 Å². The van der Waals surface area contributed by atoms with Crippen molar-refractivity contribution in [1.82, 2.24) is 15.5 Å². The van der Waals surface area contributed by atoms with Crippen molar-refractivity contribution in [2.24, 2.45) is 0 Å². The first-order valence-corrected chi connectivity index (χ1v) is 8.93. The highest BCUT2D eigenvalue weighted by Gasteiger charge is 2.30. The number of imide groups is 1. The normalized spacial score (nSPS) is 22.5. The Morgan fingerprint density at radius 3 is 2.72 bits per heavy atom. The van der Waals surface area contributed by atoms with Crippen LogP contribution in [-0.4, -0.2) is 49.2 Å². The number of nitrogens with zero attached hydrogens (tertiary/aromatic N) is 1. The Bertz CT molecular complexity index is 674. The van der Waals surface area contributed by atoms with Crippen LogP contribution in [0.1, 0.15) is 37.3 Å². The molecule has 0 unspecified atom stereocenters. The van der Waals surface area contributed by atoms with Gasteiger partial charge in [0.25, 0.3) is 0 Å². The minimum absolute atomic E-state index is 0.160. The van der Waals surface area contributed by atoms with Crippen LogP contribution in [0.4, 0.5) is 4.79 Å². The topological polar surface area (TPSA) is 79.9 Å². The number of nitrogens with one attached hydrogen (secondary N) is 2. The third-order valence-corrected chi connectivity index (χ3v) is 4.83. The Morgan fingerprint density at radius 2 is 1.92 bits per heavy atom. The van der Waals surface area contributed by atoms with Gasteiger partial charge in [-0.3, -0.25) is 15.0 Å². The van der Waals surface area contributed by atoms with E-state index in [2.05, 4.69) is 15.5 Å². The molecule has 3 aliphatic rings. The van der Waals surface area contributed by atoms with Gasteiger partial charge in [0.2, 0.25) is 5.91 Å². The number of likely N-dealkylation sites (tertiary alicyclic amines) is 1. The summed E-state index contributed by atoms with van der Waals surface area (Å²) in [6.07, 6.45) is 4.02. The first-order chi connectivity index (χ1) is 12.2. The van der Waals surface area contributed by atoms with Crippen molar-refractivity contribution in [3.8, 4) is 11.5 Å². The van der Waals surface area contributed by atoms with E-state index >= 15 is 0 Å². The second-order valence-corrected chi connectivity index (χ2v) is 6.83. The molecule has 0 bridgehead atoms. The van der Waals surface area contributed by atoms with Crippen LogP contribution in [0, 0.1) is 0 Å². The van der Waals surface area contributed by atoms with E-state index < -0.39 is 0 Å². The fourth-order valence-corrected chi connectivity index (χ4v) is 3.46.